The fourth-order valence-corrected chi connectivity index (χ4v) is 1.78. The van der Waals surface area contributed by atoms with Gasteiger partial charge < -0.3 is 20.7 Å². The molecule has 0 aromatic heterocycles. The van der Waals surface area contributed by atoms with Crippen molar-refractivity contribution < 1.29 is 14.3 Å². The first-order chi connectivity index (χ1) is 10.3. The summed E-state index contributed by atoms with van der Waals surface area (Å²) in [5, 5.41) is 8.35. The van der Waals surface area contributed by atoms with Gasteiger partial charge in [0.05, 0.1) is 0 Å². The zero-order chi connectivity index (χ0) is 16.6. The predicted octanol–water partition coefficient (Wildman–Crippen LogP) is 1.59. The summed E-state index contributed by atoms with van der Waals surface area (Å²) >= 11 is 0. The van der Waals surface area contributed by atoms with Gasteiger partial charge >= 0.3 is 6.09 Å². The Bertz CT molecular complexity index is 483. The van der Waals surface area contributed by atoms with Crippen LogP contribution in [-0.4, -0.2) is 37.7 Å². The molecule has 0 bridgehead atoms. The van der Waals surface area contributed by atoms with Crippen molar-refractivity contribution >= 4 is 12.0 Å². The standard InChI is InChI=1S/C16H25N3O3/c1-16(2,3)22-15(21)19-13(12-8-6-5-7-9-12)14(20)18-11-10-17-4/h5-9,13,17H,10-11H2,1-4H3,(H,18,20)(H,19,21). The quantitative estimate of drug-likeness (QED) is 0.697. The molecule has 0 spiro atoms. The molecule has 1 aromatic rings. The van der Waals surface area contributed by atoms with Crippen LogP contribution in [0.3, 0.4) is 0 Å². The minimum absolute atomic E-state index is 0.271. The van der Waals surface area contributed by atoms with E-state index in [1.165, 1.54) is 0 Å². The maximum absolute atomic E-state index is 12.3. The summed E-state index contributed by atoms with van der Waals surface area (Å²) in [5.74, 6) is -0.271. The molecule has 1 unspecified atom stereocenters. The van der Waals surface area contributed by atoms with Gasteiger partial charge in [-0.25, -0.2) is 4.79 Å². The number of carbonyl (C=O) groups is 2. The maximum Gasteiger partial charge on any atom is 0.408 e. The molecule has 0 heterocycles. The zero-order valence-corrected chi connectivity index (χ0v) is 13.6. The Balaban J connectivity index is 2.79. The number of carbonyl (C=O) groups excluding carboxylic acids is 2. The molecule has 2 amide bonds. The van der Waals surface area contributed by atoms with Crippen LogP contribution in [-0.2, 0) is 9.53 Å². The van der Waals surface area contributed by atoms with Crippen LogP contribution in [0.2, 0.25) is 0 Å². The van der Waals surface area contributed by atoms with Gasteiger partial charge in [0.15, 0.2) is 0 Å². The summed E-state index contributed by atoms with van der Waals surface area (Å²) in [6.45, 7) is 6.46. The van der Waals surface area contributed by atoms with Crippen molar-refractivity contribution in [1.29, 1.82) is 0 Å². The van der Waals surface area contributed by atoms with E-state index in [-0.39, 0.29) is 5.91 Å². The highest BCUT2D eigenvalue weighted by atomic mass is 16.6. The summed E-state index contributed by atoms with van der Waals surface area (Å²) in [4.78, 5) is 24.3. The van der Waals surface area contributed by atoms with Crippen molar-refractivity contribution in [3.8, 4) is 0 Å². The Morgan fingerprint density at radius 3 is 2.32 bits per heavy atom. The largest absolute Gasteiger partial charge is 0.444 e. The molecule has 1 rings (SSSR count). The highest BCUT2D eigenvalue weighted by molar-refractivity contribution is 5.86. The van der Waals surface area contributed by atoms with Gasteiger partial charge in [-0.3, -0.25) is 4.79 Å². The molecule has 0 radical (unpaired) electrons. The lowest BCUT2D eigenvalue weighted by Gasteiger charge is -2.23. The average Bonchev–Trinajstić information content (AvgIpc) is 2.44. The van der Waals surface area contributed by atoms with E-state index in [0.29, 0.717) is 18.7 Å². The third-order valence-corrected chi connectivity index (χ3v) is 2.73. The van der Waals surface area contributed by atoms with Crippen molar-refractivity contribution in [2.45, 2.75) is 32.4 Å². The molecule has 22 heavy (non-hydrogen) atoms. The summed E-state index contributed by atoms with van der Waals surface area (Å²) in [5.41, 5.74) is 0.0869. The van der Waals surface area contributed by atoms with E-state index >= 15 is 0 Å². The first-order valence-corrected chi connectivity index (χ1v) is 7.30. The number of hydrogen-bond donors (Lipinski definition) is 3. The lowest BCUT2D eigenvalue weighted by molar-refractivity contribution is -0.123. The van der Waals surface area contributed by atoms with Crippen LogP contribution >= 0.6 is 0 Å². The molecule has 3 N–H and O–H groups in total. The second kappa shape index (κ2) is 8.38. The predicted molar refractivity (Wildman–Crippen MR) is 85.5 cm³/mol. The Hall–Kier alpha value is -2.08. The Morgan fingerprint density at radius 1 is 1.14 bits per heavy atom. The number of likely N-dealkylation sites (N-methyl/N-ethyl adjacent to an activating group) is 1. The molecule has 6 nitrogen and oxygen atoms in total. The SMILES string of the molecule is CNCCNC(=O)C(NC(=O)OC(C)(C)C)c1ccccc1. The van der Waals surface area contributed by atoms with Crippen molar-refractivity contribution in [2.75, 3.05) is 20.1 Å². The second-order valence-electron chi connectivity index (χ2n) is 5.88. The van der Waals surface area contributed by atoms with Gasteiger partial charge in [0, 0.05) is 13.1 Å². The van der Waals surface area contributed by atoms with E-state index in [2.05, 4.69) is 16.0 Å². The Morgan fingerprint density at radius 2 is 1.77 bits per heavy atom. The number of rotatable bonds is 6. The minimum atomic E-state index is -0.784. The monoisotopic (exact) mass is 307 g/mol. The first kappa shape index (κ1) is 18.0. The lowest BCUT2D eigenvalue weighted by Crippen LogP contribution is -2.43. The second-order valence-corrected chi connectivity index (χ2v) is 5.88. The molecule has 0 saturated heterocycles. The smallest absolute Gasteiger partial charge is 0.408 e. The summed E-state index contributed by atoms with van der Waals surface area (Å²) in [6, 6.07) is 8.29. The molecular weight excluding hydrogens is 282 g/mol. The zero-order valence-electron chi connectivity index (χ0n) is 13.6. The molecule has 0 aliphatic heterocycles. The molecule has 122 valence electrons. The van der Waals surface area contributed by atoms with Crippen LogP contribution in [0.5, 0.6) is 0 Å². The van der Waals surface area contributed by atoms with Crippen molar-refractivity contribution in [2.24, 2.45) is 0 Å². The third kappa shape index (κ3) is 6.58. The third-order valence-electron chi connectivity index (χ3n) is 2.73. The van der Waals surface area contributed by atoms with Crippen LogP contribution < -0.4 is 16.0 Å². The van der Waals surface area contributed by atoms with E-state index in [9.17, 15) is 9.59 Å². The summed E-state index contributed by atoms with van der Waals surface area (Å²) < 4.78 is 5.22. The lowest BCUT2D eigenvalue weighted by atomic mass is 10.1. The van der Waals surface area contributed by atoms with Crippen LogP contribution in [0.25, 0.3) is 0 Å². The van der Waals surface area contributed by atoms with Crippen LogP contribution in [0, 0.1) is 0 Å². The first-order valence-electron chi connectivity index (χ1n) is 7.30. The number of ether oxygens (including phenoxy) is 1. The van der Waals surface area contributed by atoms with Gasteiger partial charge in [0.1, 0.15) is 11.6 Å². The number of nitrogens with one attached hydrogen (secondary N) is 3. The summed E-state index contributed by atoms with van der Waals surface area (Å²) in [6.07, 6.45) is -0.620. The van der Waals surface area contributed by atoms with E-state index in [4.69, 9.17) is 4.74 Å². The Labute approximate surface area is 131 Å². The molecular formula is C16H25N3O3. The molecule has 1 aromatic carbocycles. The van der Waals surface area contributed by atoms with E-state index in [1.807, 2.05) is 18.2 Å². The topological polar surface area (TPSA) is 79.5 Å². The molecule has 0 aliphatic rings. The summed E-state index contributed by atoms with van der Waals surface area (Å²) in [7, 11) is 1.81. The number of alkyl carbamates (subject to hydrolysis) is 1. The molecule has 6 heteroatoms. The number of benzene rings is 1. The van der Waals surface area contributed by atoms with Crippen molar-refractivity contribution in [1.82, 2.24) is 16.0 Å². The highest BCUT2D eigenvalue weighted by Gasteiger charge is 2.25. The van der Waals surface area contributed by atoms with E-state index < -0.39 is 17.7 Å². The van der Waals surface area contributed by atoms with Gasteiger partial charge in [-0.2, -0.15) is 0 Å². The average molecular weight is 307 g/mol. The van der Waals surface area contributed by atoms with Gasteiger partial charge in [0.25, 0.3) is 0 Å². The molecule has 0 saturated carbocycles. The molecule has 0 aliphatic carbocycles. The van der Waals surface area contributed by atoms with Gasteiger partial charge in [-0.15, -0.1) is 0 Å². The highest BCUT2D eigenvalue weighted by Crippen LogP contribution is 2.14. The van der Waals surface area contributed by atoms with Crippen molar-refractivity contribution in [3.63, 3.8) is 0 Å². The number of amides is 2. The molecule has 1 atom stereocenters. The van der Waals surface area contributed by atoms with E-state index in [1.54, 1.807) is 40.0 Å². The van der Waals surface area contributed by atoms with Crippen LogP contribution in [0.1, 0.15) is 32.4 Å². The van der Waals surface area contributed by atoms with Crippen LogP contribution in [0.15, 0.2) is 30.3 Å². The fourth-order valence-electron chi connectivity index (χ4n) is 1.78. The normalized spacial score (nSPS) is 12.4. The van der Waals surface area contributed by atoms with Gasteiger partial charge in [0.2, 0.25) is 5.91 Å². The van der Waals surface area contributed by atoms with Gasteiger partial charge in [-0.05, 0) is 33.4 Å². The van der Waals surface area contributed by atoms with Crippen molar-refractivity contribution in [3.05, 3.63) is 35.9 Å². The minimum Gasteiger partial charge on any atom is -0.444 e. The van der Waals surface area contributed by atoms with E-state index in [0.717, 1.165) is 0 Å². The number of hydrogen-bond acceptors (Lipinski definition) is 4. The van der Waals surface area contributed by atoms with Gasteiger partial charge in [-0.1, -0.05) is 30.3 Å². The maximum atomic E-state index is 12.3. The fraction of sp³-hybridized carbons (Fsp3) is 0.500. The molecule has 0 fully saturated rings. The van der Waals surface area contributed by atoms with Crippen LogP contribution in [0.4, 0.5) is 4.79 Å². The Kier molecular flexibility index (Phi) is 6.85.